The van der Waals surface area contributed by atoms with E-state index in [9.17, 15) is 13.2 Å². The molecule has 2 heterocycles. The van der Waals surface area contributed by atoms with Gasteiger partial charge in [-0.1, -0.05) is 22.4 Å². The average Bonchev–Trinajstić information content (AvgIpc) is 3.27. The molecule has 26 heavy (non-hydrogen) atoms. The minimum Gasteiger partial charge on any atom is -0.407 e. The van der Waals surface area contributed by atoms with E-state index in [1.54, 1.807) is 38.1 Å². The van der Waals surface area contributed by atoms with Crippen LogP contribution in [0.3, 0.4) is 0 Å². The zero-order chi connectivity index (χ0) is 18.7. The summed E-state index contributed by atoms with van der Waals surface area (Å²) in [7, 11) is -3.31. The van der Waals surface area contributed by atoms with Gasteiger partial charge >= 0.3 is 6.01 Å². The van der Waals surface area contributed by atoms with E-state index >= 15 is 0 Å². The summed E-state index contributed by atoms with van der Waals surface area (Å²) < 4.78 is 34.3. The van der Waals surface area contributed by atoms with Crippen LogP contribution >= 0.6 is 0 Å². The molecule has 10 heteroatoms. The smallest absolute Gasteiger partial charge is 0.322 e. The Morgan fingerprint density at radius 1 is 1.15 bits per heavy atom. The molecule has 0 bridgehead atoms. The lowest BCUT2D eigenvalue weighted by atomic mass is 10.1. The topological polar surface area (TPSA) is 128 Å². The van der Waals surface area contributed by atoms with Crippen molar-refractivity contribution in [3.8, 4) is 0 Å². The molecule has 136 valence electrons. The second-order valence-corrected chi connectivity index (χ2v) is 8.25. The summed E-state index contributed by atoms with van der Waals surface area (Å²) in [5.74, 6) is -0.259. The molecule has 0 saturated carbocycles. The first-order valence-corrected chi connectivity index (χ1v) is 9.28. The summed E-state index contributed by atoms with van der Waals surface area (Å²) in [5, 5.41) is 12.9. The Balaban J connectivity index is 1.67. The molecule has 2 aromatic heterocycles. The van der Waals surface area contributed by atoms with Crippen molar-refractivity contribution in [2.45, 2.75) is 30.4 Å². The van der Waals surface area contributed by atoms with Crippen LogP contribution in [-0.2, 0) is 16.3 Å². The number of carbonyl (C=O) groups is 1. The minimum atomic E-state index is -3.31. The highest BCUT2D eigenvalue weighted by atomic mass is 32.2. The summed E-state index contributed by atoms with van der Waals surface area (Å²) in [5.41, 5.74) is 0.796. The lowest BCUT2D eigenvalue weighted by molar-refractivity contribution is 0.0985. The number of rotatable bonds is 6. The van der Waals surface area contributed by atoms with Crippen LogP contribution in [-0.4, -0.2) is 34.9 Å². The Morgan fingerprint density at radius 3 is 2.50 bits per heavy atom. The van der Waals surface area contributed by atoms with Crippen LogP contribution in [0.2, 0.25) is 0 Å². The molecule has 3 aromatic rings. The molecule has 3 rings (SSSR count). The maximum atomic E-state index is 12.1. The van der Waals surface area contributed by atoms with Gasteiger partial charge in [-0.15, -0.1) is 5.10 Å². The number of sulfone groups is 1. The molecule has 0 unspecified atom stereocenters. The summed E-state index contributed by atoms with van der Waals surface area (Å²) in [4.78, 5) is 12.1. The average molecular weight is 376 g/mol. The van der Waals surface area contributed by atoms with Crippen molar-refractivity contribution in [2.75, 3.05) is 5.32 Å². The quantitative estimate of drug-likeness (QED) is 0.692. The van der Waals surface area contributed by atoms with Gasteiger partial charge < -0.3 is 8.94 Å². The lowest BCUT2D eigenvalue weighted by Gasteiger charge is -2.08. The van der Waals surface area contributed by atoms with Gasteiger partial charge in [0.05, 0.1) is 22.8 Å². The second kappa shape index (κ2) is 7.08. The number of anilines is 1. The summed E-state index contributed by atoms with van der Waals surface area (Å²) in [6.45, 7) is 3.27. The zero-order valence-electron chi connectivity index (χ0n) is 14.0. The maximum Gasteiger partial charge on any atom is 0.322 e. The number of amides is 1. The summed E-state index contributed by atoms with van der Waals surface area (Å²) in [6, 6.07) is 7.81. The highest BCUT2D eigenvalue weighted by Gasteiger charge is 2.19. The van der Waals surface area contributed by atoms with E-state index in [1.807, 2.05) is 0 Å². The molecular weight excluding hydrogens is 360 g/mol. The summed E-state index contributed by atoms with van der Waals surface area (Å²) in [6.07, 6.45) is 1.64. The van der Waals surface area contributed by atoms with E-state index in [4.69, 9.17) is 8.94 Å². The molecule has 0 aliphatic carbocycles. The fraction of sp³-hybridized carbons (Fsp3) is 0.250. The third kappa shape index (κ3) is 3.80. The van der Waals surface area contributed by atoms with E-state index in [1.165, 1.54) is 12.3 Å². The Morgan fingerprint density at radius 2 is 1.88 bits per heavy atom. The summed E-state index contributed by atoms with van der Waals surface area (Å²) >= 11 is 0. The monoisotopic (exact) mass is 376 g/mol. The van der Waals surface area contributed by atoms with E-state index in [0.717, 1.165) is 5.56 Å². The number of hydrogen-bond acceptors (Lipinski definition) is 8. The maximum absolute atomic E-state index is 12.1. The normalized spacial score (nSPS) is 11.7. The van der Waals surface area contributed by atoms with Gasteiger partial charge in [0.25, 0.3) is 5.91 Å². The van der Waals surface area contributed by atoms with E-state index in [-0.39, 0.29) is 22.6 Å². The largest absolute Gasteiger partial charge is 0.407 e. The number of aromatic nitrogens is 3. The number of benzene rings is 1. The molecule has 0 saturated heterocycles. The second-order valence-electron chi connectivity index (χ2n) is 5.75. The molecule has 1 amide bonds. The van der Waals surface area contributed by atoms with E-state index in [0.29, 0.717) is 6.42 Å². The number of nitrogens with zero attached hydrogens (tertiary/aromatic N) is 3. The molecule has 0 radical (unpaired) electrons. The van der Waals surface area contributed by atoms with Crippen LogP contribution < -0.4 is 5.32 Å². The predicted octanol–water partition coefficient (Wildman–Crippen LogP) is 2.08. The minimum absolute atomic E-state index is 0.0201. The van der Waals surface area contributed by atoms with E-state index in [2.05, 4.69) is 20.7 Å². The molecule has 0 spiro atoms. The highest BCUT2D eigenvalue weighted by Crippen LogP contribution is 2.18. The van der Waals surface area contributed by atoms with Gasteiger partial charge in [-0.2, -0.15) is 0 Å². The fourth-order valence-electron chi connectivity index (χ4n) is 2.11. The van der Waals surface area contributed by atoms with Crippen LogP contribution in [0.1, 0.15) is 35.9 Å². The van der Waals surface area contributed by atoms with Gasteiger partial charge in [-0.3, -0.25) is 10.1 Å². The molecule has 0 fully saturated rings. The lowest BCUT2D eigenvalue weighted by Crippen LogP contribution is -2.13. The SMILES string of the molecule is CC(C)S(=O)(=O)c1ccc(Cc2nnc(NC(=O)c3ccno3)o2)cc1. The number of hydrogen-bond donors (Lipinski definition) is 1. The molecular formula is C16H16N4O5S. The van der Waals surface area contributed by atoms with Crippen molar-refractivity contribution in [2.24, 2.45) is 0 Å². The van der Waals surface area contributed by atoms with Crippen molar-refractivity contribution in [1.82, 2.24) is 15.4 Å². The van der Waals surface area contributed by atoms with Crippen LogP contribution in [0.4, 0.5) is 6.01 Å². The van der Waals surface area contributed by atoms with Crippen molar-refractivity contribution in [3.05, 3.63) is 53.7 Å². The fourth-order valence-corrected chi connectivity index (χ4v) is 3.17. The van der Waals surface area contributed by atoms with Gasteiger partial charge in [0.15, 0.2) is 9.84 Å². The van der Waals surface area contributed by atoms with Gasteiger partial charge in [-0.25, -0.2) is 8.42 Å². The number of nitrogens with one attached hydrogen (secondary N) is 1. The molecule has 1 aromatic carbocycles. The van der Waals surface area contributed by atoms with Crippen molar-refractivity contribution in [3.63, 3.8) is 0 Å². The van der Waals surface area contributed by atoms with Gasteiger partial charge in [0, 0.05) is 6.07 Å². The molecule has 0 aliphatic heterocycles. The van der Waals surface area contributed by atoms with Crippen LogP contribution in [0.15, 0.2) is 50.4 Å². The van der Waals surface area contributed by atoms with Gasteiger partial charge in [0.1, 0.15) is 0 Å². The Hall–Kier alpha value is -3.01. The van der Waals surface area contributed by atoms with Crippen LogP contribution in [0, 0.1) is 0 Å². The Labute approximate surface area is 149 Å². The first kappa shape index (κ1) is 17.8. The zero-order valence-corrected chi connectivity index (χ0v) is 14.9. The van der Waals surface area contributed by atoms with Crippen molar-refractivity contribution in [1.29, 1.82) is 0 Å². The molecule has 9 nitrogen and oxygen atoms in total. The van der Waals surface area contributed by atoms with Crippen molar-refractivity contribution < 1.29 is 22.2 Å². The van der Waals surface area contributed by atoms with E-state index < -0.39 is 21.0 Å². The Bertz CT molecular complexity index is 992. The standard InChI is InChI=1S/C16H16N4O5S/c1-10(2)26(22,23)12-5-3-11(4-6-12)9-14-19-20-16(24-14)18-15(21)13-7-8-17-25-13/h3-8,10H,9H2,1-2H3,(H,18,20,21). The van der Waals surface area contributed by atoms with Gasteiger partial charge in [-0.05, 0) is 31.5 Å². The van der Waals surface area contributed by atoms with Crippen molar-refractivity contribution >= 4 is 21.8 Å². The molecule has 0 atom stereocenters. The Kier molecular flexibility index (Phi) is 4.85. The van der Waals surface area contributed by atoms with Gasteiger partial charge in [0.2, 0.25) is 11.7 Å². The van der Waals surface area contributed by atoms with Crippen LogP contribution in [0.5, 0.6) is 0 Å². The third-order valence-electron chi connectivity index (χ3n) is 3.58. The molecule has 1 N–H and O–H groups in total. The highest BCUT2D eigenvalue weighted by molar-refractivity contribution is 7.92. The number of carbonyl (C=O) groups excluding carboxylic acids is 1. The van der Waals surface area contributed by atoms with Crippen LogP contribution in [0.25, 0.3) is 0 Å². The first-order chi connectivity index (χ1) is 12.4. The predicted molar refractivity (Wildman–Crippen MR) is 90.3 cm³/mol. The third-order valence-corrected chi connectivity index (χ3v) is 5.75. The first-order valence-electron chi connectivity index (χ1n) is 7.73. The molecule has 0 aliphatic rings.